The van der Waals surface area contributed by atoms with Crippen LogP contribution in [0.4, 0.5) is 4.39 Å². The predicted octanol–water partition coefficient (Wildman–Crippen LogP) is 3.42. The first kappa shape index (κ1) is 14.5. The van der Waals surface area contributed by atoms with Gasteiger partial charge in [0.2, 0.25) is 0 Å². The summed E-state index contributed by atoms with van der Waals surface area (Å²) in [5, 5.41) is 9.48. The molecule has 19 heavy (non-hydrogen) atoms. The van der Waals surface area contributed by atoms with Gasteiger partial charge in [0, 0.05) is 16.6 Å². The highest BCUT2D eigenvalue weighted by molar-refractivity contribution is 9.10. The van der Waals surface area contributed by atoms with Crippen LogP contribution in [0.15, 0.2) is 22.7 Å². The summed E-state index contributed by atoms with van der Waals surface area (Å²) in [6.45, 7) is 2.93. The molecule has 1 unspecified atom stereocenters. The van der Waals surface area contributed by atoms with Crippen molar-refractivity contribution in [3.8, 4) is 0 Å². The molecule has 3 nitrogen and oxygen atoms in total. The maximum absolute atomic E-state index is 13.9. The van der Waals surface area contributed by atoms with Gasteiger partial charge in [-0.2, -0.15) is 0 Å². The third-order valence-electron chi connectivity index (χ3n) is 3.98. The standard InChI is InChI=1S/C14H17BrFNO2/c1-2-14(13(18)19)6-3-7-17(14)9-10-4-5-11(15)8-12(10)16/h4-5,8H,2-3,6-7,9H2,1H3,(H,18,19). The average molecular weight is 330 g/mol. The molecule has 0 amide bonds. The summed E-state index contributed by atoms with van der Waals surface area (Å²) < 4.78 is 14.5. The van der Waals surface area contributed by atoms with Gasteiger partial charge in [0.25, 0.3) is 0 Å². The Kier molecular flexibility index (Phi) is 4.26. The van der Waals surface area contributed by atoms with Crippen molar-refractivity contribution in [1.82, 2.24) is 4.90 Å². The van der Waals surface area contributed by atoms with Crippen LogP contribution >= 0.6 is 15.9 Å². The number of nitrogens with zero attached hydrogens (tertiary/aromatic N) is 1. The monoisotopic (exact) mass is 329 g/mol. The van der Waals surface area contributed by atoms with Crippen molar-refractivity contribution in [3.05, 3.63) is 34.1 Å². The molecular formula is C14H17BrFNO2. The van der Waals surface area contributed by atoms with Crippen molar-refractivity contribution in [2.45, 2.75) is 38.3 Å². The maximum Gasteiger partial charge on any atom is 0.324 e. The van der Waals surface area contributed by atoms with Crippen molar-refractivity contribution in [2.24, 2.45) is 0 Å². The molecular weight excluding hydrogens is 313 g/mol. The quantitative estimate of drug-likeness (QED) is 0.920. The van der Waals surface area contributed by atoms with Gasteiger partial charge in [0.15, 0.2) is 0 Å². The molecule has 0 bridgehead atoms. The Morgan fingerprint density at radius 1 is 1.58 bits per heavy atom. The Labute approximate surface area is 120 Å². The highest BCUT2D eigenvalue weighted by Crippen LogP contribution is 2.34. The number of carbonyl (C=O) groups is 1. The third kappa shape index (κ3) is 2.67. The lowest BCUT2D eigenvalue weighted by molar-refractivity contribution is -0.150. The average Bonchev–Trinajstić information content (AvgIpc) is 2.76. The van der Waals surface area contributed by atoms with E-state index < -0.39 is 11.5 Å². The number of likely N-dealkylation sites (tertiary alicyclic amines) is 1. The van der Waals surface area contributed by atoms with Gasteiger partial charge in [-0.15, -0.1) is 0 Å². The largest absolute Gasteiger partial charge is 0.480 e. The van der Waals surface area contributed by atoms with E-state index in [-0.39, 0.29) is 5.82 Å². The first-order chi connectivity index (χ1) is 8.99. The molecule has 0 radical (unpaired) electrons. The number of aliphatic carboxylic acids is 1. The van der Waals surface area contributed by atoms with Crippen molar-refractivity contribution in [1.29, 1.82) is 0 Å². The van der Waals surface area contributed by atoms with E-state index in [2.05, 4.69) is 15.9 Å². The maximum atomic E-state index is 13.9. The number of carboxylic acid groups (broad SMARTS) is 1. The van der Waals surface area contributed by atoms with E-state index in [1.54, 1.807) is 12.1 Å². The summed E-state index contributed by atoms with van der Waals surface area (Å²) >= 11 is 3.22. The van der Waals surface area contributed by atoms with E-state index in [4.69, 9.17) is 0 Å². The highest BCUT2D eigenvalue weighted by Gasteiger charge is 2.46. The fourth-order valence-electron chi connectivity index (χ4n) is 2.81. The van der Waals surface area contributed by atoms with Crippen molar-refractivity contribution >= 4 is 21.9 Å². The minimum atomic E-state index is -0.834. The van der Waals surface area contributed by atoms with Gasteiger partial charge < -0.3 is 5.11 Å². The molecule has 0 aliphatic carbocycles. The fraction of sp³-hybridized carbons (Fsp3) is 0.500. The Morgan fingerprint density at radius 3 is 2.89 bits per heavy atom. The van der Waals surface area contributed by atoms with Crippen LogP contribution in [0.2, 0.25) is 0 Å². The first-order valence-corrected chi connectivity index (χ1v) is 7.21. The van der Waals surface area contributed by atoms with Crippen molar-refractivity contribution in [2.75, 3.05) is 6.54 Å². The molecule has 104 valence electrons. The van der Waals surface area contributed by atoms with Crippen LogP contribution in [0.25, 0.3) is 0 Å². The molecule has 1 aliphatic rings. The van der Waals surface area contributed by atoms with E-state index in [0.29, 0.717) is 36.0 Å². The van der Waals surface area contributed by atoms with E-state index >= 15 is 0 Å². The van der Waals surface area contributed by atoms with E-state index in [9.17, 15) is 14.3 Å². The number of benzene rings is 1. The minimum Gasteiger partial charge on any atom is -0.480 e. The van der Waals surface area contributed by atoms with Crippen LogP contribution in [-0.4, -0.2) is 28.1 Å². The van der Waals surface area contributed by atoms with Crippen molar-refractivity contribution < 1.29 is 14.3 Å². The lowest BCUT2D eigenvalue weighted by atomic mass is 9.92. The highest BCUT2D eigenvalue weighted by atomic mass is 79.9. The molecule has 1 N–H and O–H groups in total. The number of hydrogen-bond acceptors (Lipinski definition) is 2. The Bertz CT molecular complexity index is 494. The van der Waals surface area contributed by atoms with Crippen molar-refractivity contribution in [3.63, 3.8) is 0 Å². The molecule has 1 aromatic rings. The smallest absolute Gasteiger partial charge is 0.324 e. The molecule has 5 heteroatoms. The summed E-state index contributed by atoms with van der Waals surface area (Å²) in [6.07, 6.45) is 2.02. The predicted molar refractivity (Wildman–Crippen MR) is 74.4 cm³/mol. The van der Waals surface area contributed by atoms with E-state index in [0.717, 1.165) is 6.42 Å². The summed E-state index contributed by atoms with van der Waals surface area (Å²) in [5.41, 5.74) is -0.288. The number of carboxylic acids is 1. The minimum absolute atomic E-state index is 0.295. The number of rotatable bonds is 4. The molecule has 1 aromatic carbocycles. The second-order valence-electron chi connectivity index (χ2n) is 4.95. The van der Waals surface area contributed by atoms with Gasteiger partial charge in [-0.1, -0.05) is 28.9 Å². The lowest BCUT2D eigenvalue weighted by Gasteiger charge is -2.34. The van der Waals surface area contributed by atoms with Gasteiger partial charge in [-0.3, -0.25) is 9.69 Å². The topological polar surface area (TPSA) is 40.5 Å². The fourth-order valence-corrected chi connectivity index (χ4v) is 3.15. The Morgan fingerprint density at radius 2 is 2.32 bits per heavy atom. The summed E-state index contributed by atoms with van der Waals surface area (Å²) in [4.78, 5) is 13.4. The van der Waals surface area contributed by atoms with Gasteiger partial charge in [0.05, 0.1) is 0 Å². The van der Waals surface area contributed by atoms with Crippen LogP contribution in [0.1, 0.15) is 31.7 Å². The summed E-state index contributed by atoms with van der Waals surface area (Å²) in [6, 6.07) is 4.91. The van der Waals surface area contributed by atoms with Gasteiger partial charge >= 0.3 is 5.97 Å². The second-order valence-corrected chi connectivity index (χ2v) is 5.87. The molecule has 0 aromatic heterocycles. The zero-order valence-electron chi connectivity index (χ0n) is 10.8. The van der Waals surface area contributed by atoms with Crippen LogP contribution in [0, 0.1) is 5.82 Å². The third-order valence-corrected chi connectivity index (χ3v) is 4.48. The number of halogens is 2. The second kappa shape index (κ2) is 5.59. The summed E-state index contributed by atoms with van der Waals surface area (Å²) in [7, 11) is 0. The van der Waals surface area contributed by atoms with E-state index in [1.165, 1.54) is 6.07 Å². The van der Waals surface area contributed by atoms with Crippen LogP contribution in [0.3, 0.4) is 0 Å². The molecule has 1 aliphatic heterocycles. The molecule has 1 saturated heterocycles. The molecule has 1 atom stereocenters. The zero-order valence-corrected chi connectivity index (χ0v) is 12.4. The first-order valence-electron chi connectivity index (χ1n) is 6.42. The molecule has 0 spiro atoms. The summed E-state index contributed by atoms with van der Waals surface area (Å²) in [5.74, 6) is -1.10. The SMILES string of the molecule is CCC1(C(=O)O)CCCN1Cc1ccc(Br)cc1F. The lowest BCUT2D eigenvalue weighted by Crippen LogP contribution is -2.49. The zero-order chi connectivity index (χ0) is 14.0. The van der Waals surface area contributed by atoms with Gasteiger partial charge in [0.1, 0.15) is 11.4 Å². The van der Waals surface area contributed by atoms with Crippen LogP contribution < -0.4 is 0 Å². The molecule has 0 saturated carbocycles. The normalized spacial score (nSPS) is 23.7. The van der Waals surface area contributed by atoms with Crippen LogP contribution in [0.5, 0.6) is 0 Å². The molecule has 2 rings (SSSR count). The van der Waals surface area contributed by atoms with Gasteiger partial charge in [-0.25, -0.2) is 4.39 Å². The number of hydrogen-bond donors (Lipinski definition) is 1. The molecule has 1 fully saturated rings. The Hall–Kier alpha value is -0.940. The van der Waals surface area contributed by atoms with Gasteiger partial charge in [-0.05, 0) is 37.9 Å². The molecule has 1 heterocycles. The van der Waals surface area contributed by atoms with E-state index in [1.807, 2.05) is 11.8 Å². The Balaban J connectivity index is 2.24. The van der Waals surface area contributed by atoms with Crippen LogP contribution in [-0.2, 0) is 11.3 Å².